The van der Waals surface area contributed by atoms with Crippen molar-refractivity contribution in [2.75, 3.05) is 5.32 Å². The summed E-state index contributed by atoms with van der Waals surface area (Å²) in [6.07, 6.45) is 3.12. The van der Waals surface area contributed by atoms with Gasteiger partial charge in [-0.15, -0.1) is 0 Å². The summed E-state index contributed by atoms with van der Waals surface area (Å²) in [6.45, 7) is 1.61. The number of carbonyl (C=O) groups excluding carboxylic acids is 3. The molecule has 0 spiro atoms. The molecule has 0 bridgehead atoms. The van der Waals surface area contributed by atoms with Crippen LogP contribution >= 0.6 is 11.6 Å². The molecule has 0 aliphatic rings. The molecule has 7 heteroatoms. The van der Waals surface area contributed by atoms with Gasteiger partial charge in [-0.05, 0) is 59.7 Å². The molecule has 0 radical (unpaired) electrons. The Hall–Kier alpha value is -3.90. The third-order valence-corrected chi connectivity index (χ3v) is 4.54. The molecule has 3 aromatic carbocycles. The predicted octanol–water partition coefficient (Wildman–Crippen LogP) is 4.85. The second-order valence-corrected chi connectivity index (χ2v) is 7.32. The average Bonchev–Trinajstić information content (AvgIpc) is 2.77. The number of amides is 2. The molecule has 0 saturated carbocycles. The lowest BCUT2D eigenvalue weighted by atomic mass is 10.1. The van der Waals surface area contributed by atoms with Gasteiger partial charge >= 0.3 is 5.97 Å². The number of rotatable bonds is 7. The molecule has 3 rings (SSSR count). The van der Waals surface area contributed by atoms with E-state index in [-0.39, 0.29) is 11.8 Å². The highest BCUT2D eigenvalue weighted by Crippen LogP contribution is 2.15. The van der Waals surface area contributed by atoms with Crippen molar-refractivity contribution < 1.29 is 19.1 Å². The summed E-state index contributed by atoms with van der Waals surface area (Å²) in [6, 6.07) is 20.7. The van der Waals surface area contributed by atoms with Crippen LogP contribution in [-0.2, 0) is 16.1 Å². The lowest BCUT2D eigenvalue weighted by molar-refractivity contribution is -0.131. The summed E-state index contributed by atoms with van der Waals surface area (Å²) in [5.74, 6) is -0.689. The fourth-order valence-electron chi connectivity index (χ4n) is 2.82. The van der Waals surface area contributed by atoms with Gasteiger partial charge < -0.3 is 15.4 Å². The number of nitrogens with one attached hydrogen (secondary N) is 2. The Morgan fingerprint density at radius 1 is 0.969 bits per heavy atom. The second-order valence-electron chi connectivity index (χ2n) is 6.88. The average molecular weight is 449 g/mol. The van der Waals surface area contributed by atoms with Gasteiger partial charge in [0, 0.05) is 35.8 Å². The molecule has 0 unspecified atom stereocenters. The van der Waals surface area contributed by atoms with E-state index in [1.54, 1.807) is 48.5 Å². The van der Waals surface area contributed by atoms with E-state index in [0.717, 1.165) is 11.1 Å². The summed E-state index contributed by atoms with van der Waals surface area (Å²) < 4.78 is 5.00. The van der Waals surface area contributed by atoms with Crippen LogP contribution < -0.4 is 15.4 Å². The van der Waals surface area contributed by atoms with E-state index in [2.05, 4.69) is 10.6 Å². The van der Waals surface area contributed by atoms with E-state index in [1.807, 2.05) is 24.3 Å². The molecule has 0 aliphatic heterocycles. The van der Waals surface area contributed by atoms with Crippen LogP contribution in [0.2, 0.25) is 5.02 Å². The van der Waals surface area contributed by atoms with Crippen molar-refractivity contribution in [3.63, 3.8) is 0 Å². The summed E-state index contributed by atoms with van der Waals surface area (Å²) in [5, 5.41) is 6.19. The van der Waals surface area contributed by atoms with Gasteiger partial charge in [0.05, 0.1) is 0 Å². The fourth-order valence-corrected chi connectivity index (χ4v) is 3.02. The molecule has 0 saturated heterocycles. The van der Waals surface area contributed by atoms with Crippen LogP contribution in [0.15, 0.2) is 78.9 Å². The van der Waals surface area contributed by atoms with Gasteiger partial charge in [0.1, 0.15) is 5.75 Å². The third kappa shape index (κ3) is 7.11. The zero-order chi connectivity index (χ0) is 22.9. The van der Waals surface area contributed by atoms with Crippen molar-refractivity contribution in [3.8, 4) is 5.75 Å². The number of hydrogen-bond donors (Lipinski definition) is 2. The maximum absolute atomic E-state index is 12.4. The van der Waals surface area contributed by atoms with Crippen molar-refractivity contribution in [3.05, 3.63) is 101 Å². The van der Waals surface area contributed by atoms with Crippen molar-refractivity contribution >= 4 is 41.1 Å². The maximum Gasteiger partial charge on any atom is 0.308 e. The molecule has 0 fully saturated rings. The number of esters is 1. The minimum absolute atomic E-state index is 0.265. The molecule has 0 aliphatic carbocycles. The van der Waals surface area contributed by atoms with Gasteiger partial charge in [-0.3, -0.25) is 14.4 Å². The third-order valence-electron chi connectivity index (χ3n) is 4.31. The number of hydrogen-bond acceptors (Lipinski definition) is 4. The molecule has 0 heterocycles. The minimum atomic E-state index is -0.449. The Morgan fingerprint density at radius 3 is 2.44 bits per heavy atom. The molecular weight excluding hydrogens is 428 g/mol. The lowest BCUT2D eigenvalue weighted by Crippen LogP contribution is -2.22. The second kappa shape index (κ2) is 10.9. The first-order chi connectivity index (χ1) is 15.4. The van der Waals surface area contributed by atoms with Gasteiger partial charge in [-0.2, -0.15) is 0 Å². The molecule has 32 heavy (non-hydrogen) atoms. The molecule has 162 valence electrons. The minimum Gasteiger partial charge on any atom is -0.427 e. The van der Waals surface area contributed by atoms with Gasteiger partial charge in [0.15, 0.2) is 0 Å². The van der Waals surface area contributed by atoms with Crippen molar-refractivity contribution in [1.29, 1.82) is 0 Å². The normalized spacial score (nSPS) is 10.6. The highest BCUT2D eigenvalue weighted by molar-refractivity contribution is 6.30. The standard InChI is InChI=1S/C25H21ClN2O4/c1-17(29)32-23-7-3-5-20(15-23)25(31)27-16-19-8-11-22(12-9-19)28-24(30)13-10-18-4-2-6-21(26)14-18/h2-15H,16H2,1H3,(H,27,31)(H,28,30)/b13-10+. The fraction of sp³-hybridized carbons (Fsp3) is 0.0800. The Balaban J connectivity index is 1.51. The first-order valence-electron chi connectivity index (χ1n) is 9.79. The van der Waals surface area contributed by atoms with Gasteiger partial charge in [0.2, 0.25) is 5.91 Å². The first-order valence-corrected chi connectivity index (χ1v) is 10.2. The summed E-state index contributed by atoms with van der Waals surface area (Å²) >= 11 is 5.93. The Labute approximate surface area is 190 Å². The van der Waals surface area contributed by atoms with Crippen LogP contribution in [0.4, 0.5) is 5.69 Å². The van der Waals surface area contributed by atoms with Crippen LogP contribution in [-0.4, -0.2) is 17.8 Å². The molecular formula is C25H21ClN2O4. The first kappa shape index (κ1) is 22.8. The lowest BCUT2D eigenvalue weighted by Gasteiger charge is -2.08. The van der Waals surface area contributed by atoms with Crippen LogP contribution in [0.25, 0.3) is 6.08 Å². The van der Waals surface area contributed by atoms with Crippen molar-refractivity contribution in [1.82, 2.24) is 5.32 Å². The Kier molecular flexibility index (Phi) is 7.78. The maximum atomic E-state index is 12.4. The summed E-state index contributed by atoms with van der Waals surface area (Å²) in [4.78, 5) is 35.5. The van der Waals surface area contributed by atoms with Crippen LogP contribution in [0, 0.1) is 0 Å². The van der Waals surface area contributed by atoms with Crippen molar-refractivity contribution in [2.24, 2.45) is 0 Å². The SMILES string of the molecule is CC(=O)Oc1cccc(C(=O)NCc2ccc(NC(=O)/C=C/c3cccc(Cl)c3)cc2)c1. The molecule has 3 aromatic rings. The van der Waals surface area contributed by atoms with E-state index in [4.69, 9.17) is 16.3 Å². The number of ether oxygens (including phenoxy) is 1. The van der Waals surface area contributed by atoms with Gasteiger partial charge in [-0.25, -0.2) is 0 Å². The largest absolute Gasteiger partial charge is 0.427 e. The quantitative estimate of drug-likeness (QED) is 0.307. The van der Waals surface area contributed by atoms with Crippen LogP contribution in [0.5, 0.6) is 5.75 Å². The van der Waals surface area contributed by atoms with E-state index < -0.39 is 5.97 Å². The highest BCUT2D eigenvalue weighted by Gasteiger charge is 2.08. The molecule has 0 atom stereocenters. The van der Waals surface area contributed by atoms with E-state index >= 15 is 0 Å². The van der Waals surface area contributed by atoms with Crippen LogP contribution in [0.1, 0.15) is 28.4 Å². The van der Waals surface area contributed by atoms with E-state index in [9.17, 15) is 14.4 Å². The smallest absolute Gasteiger partial charge is 0.308 e. The predicted molar refractivity (Wildman–Crippen MR) is 124 cm³/mol. The molecule has 6 nitrogen and oxygen atoms in total. The molecule has 2 amide bonds. The number of benzene rings is 3. The van der Waals surface area contributed by atoms with Gasteiger partial charge in [-0.1, -0.05) is 41.9 Å². The Bertz CT molecular complexity index is 1160. The molecule has 2 N–H and O–H groups in total. The van der Waals surface area contributed by atoms with Gasteiger partial charge in [0.25, 0.3) is 5.91 Å². The van der Waals surface area contributed by atoms with E-state index in [0.29, 0.717) is 28.6 Å². The summed E-state index contributed by atoms with van der Waals surface area (Å²) in [7, 11) is 0. The summed E-state index contributed by atoms with van der Waals surface area (Å²) in [5.41, 5.74) is 2.72. The van der Waals surface area contributed by atoms with Crippen LogP contribution in [0.3, 0.4) is 0 Å². The monoisotopic (exact) mass is 448 g/mol. The van der Waals surface area contributed by atoms with E-state index in [1.165, 1.54) is 19.1 Å². The number of halogens is 1. The Morgan fingerprint density at radius 2 is 1.72 bits per heavy atom. The highest BCUT2D eigenvalue weighted by atomic mass is 35.5. The van der Waals surface area contributed by atoms with Crippen molar-refractivity contribution in [2.45, 2.75) is 13.5 Å². The number of carbonyl (C=O) groups is 3. The topological polar surface area (TPSA) is 84.5 Å². The molecule has 0 aromatic heterocycles. The zero-order valence-corrected chi connectivity index (χ0v) is 18.1. The number of anilines is 1. The zero-order valence-electron chi connectivity index (χ0n) is 17.3.